The molecule has 1 aromatic carbocycles. The molecule has 0 bridgehead atoms. The van der Waals surface area contributed by atoms with Crippen LogP contribution in [-0.4, -0.2) is 4.98 Å². The standard InChI is InChI=1S/C14H16Cl2N2S/c1-3-13(14-17-6-7-19-14)18-9(2)11-5-4-10(15)8-12(11)16/h4-9,13,18H,3H2,1-2H3. The first-order valence-electron chi connectivity index (χ1n) is 6.22. The highest BCUT2D eigenvalue weighted by atomic mass is 35.5. The van der Waals surface area contributed by atoms with E-state index in [0.29, 0.717) is 10.0 Å². The van der Waals surface area contributed by atoms with Crippen molar-refractivity contribution >= 4 is 34.5 Å². The lowest BCUT2D eigenvalue weighted by molar-refractivity contribution is 0.455. The van der Waals surface area contributed by atoms with E-state index in [1.54, 1.807) is 17.4 Å². The predicted octanol–water partition coefficient (Wildman–Crippen LogP) is 5.25. The first-order valence-corrected chi connectivity index (χ1v) is 7.85. The summed E-state index contributed by atoms with van der Waals surface area (Å²) < 4.78 is 0. The number of hydrogen-bond donors (Lipinski definition) is 1. The van der Waals surface area contributed by atoms with Crippen LogP contribution in [0.2, 0.25) is 10.0 Å². The molecule has 0 saturated carbocycles. The Morgan fingerprint density at radius 1 is 1.37 bits per heavy atom. The molecule has 2 atom stereocenters. The van der Waals surface area contributed by atoms with Crippen molar-refractivity contribution in [1.82, 2.24) is 10.3 Å². The monoisotopic (exact) mass is 314 g/mol. The van der Waals surface area contributed by atoms with Gasteiger partial charge in [0, 0.05) is 27.7 Å². The number of benzene rings is 1. The van der Waals surface area contributed by atoms with Gasteiger partial charge >= 0.3 is 0 Å². The smallest absolute Gasteiger partial charge is 0.109 e. The van der Waals surface area contributed by atoms with Gasteiger partial charge in [-0.1, -0.05) is 36.2 Å². The Morgan fingerprint density at radius 2 is 2.16 bits per heavy atom. The fourth-order valence-corrected chi connectivity index (χ4v) is 3.37. The molecule has 0 saturated heterocycles. The first-order chi connectivity index (χ1) is 9.11. The van der Waals surface area contributed by atoms with Crippen molar-refractivity contribution in [2.45, 2.75) is 32.4 Å². The molecule has 2 nitrogen and oxygen atoms in total. The number of hydrogen-bond acceptors (Lipinski definition) is 3. The molecule has 2 aromatic rings. The van der Waals surface area contributed by atoms with Crippen LogP contribution in [0.3, 0.4) is 0 Å². The summed E-state index contributed by atoms with van der Waals surface area (Å²) in [6.45, 7) is 4.25. The quantitative estimate of drug-likeness (QED) is 0.815. The van der Waals surface area contributed by atoms with Gasteiger partial charge in [0.25, 0.3) is 0 Å². The Hall–Kier alpha value is -0.610. The summed E-state index contributed by atoms with van der Waals surface area (Å²) in [4.78, 5) is 4.37. The minimum atomic E-state index is 0.151. The van der Waals surface area contributed by atoms with Crippen molar-refractivity contribution in [3.05, 3.63) is 50.4 Å². The van der Waals surface area contributed by atoms with Gasteiger partial charge in [-0.15, -0.1) is 11.3 Å². The van der Waals surface area contributed by atoms with E-state index >= 15 is 0 Å². The topological polar surface area (TPSA) is 24.9 Å². The average Bonchev–Trinajstić information content (AvgIpc) is 2.89. The second-order valence-corrected chi connectivity index (χ2v) is 6.16. The van der Waals surface area contributed by atoms with Gasteiger partial charge < -0.3 is 5.32 Å². The maximum atomic E-state index is 6.24. The minimum absolute atomic E-state index is 0.151. The molecule has 0 amide bonds. The van der Waals surface area contributed by atoms with Gasteiger partial charge in [0.1, 0.15) is 5.01 Å². The first kappa shape index (κ1) is 14.8. The SMILES string of the molecule is CCC(NC(C)c1ccc(Cl)cc1Cl)c1nccs1. The van der Waals surface area contributed by atoms with Crippen molar-refractivity contribution in [3.8, 4) is 0 Å². The summed E-state index contributed by atoms with van der Waals surface area (Å²) in [6.07, 6.45) is 2.83. The number of thiazole rings is 1. The molecule has 0 spiro atoms. The zero-order chi connectivity index (χ0) is 13.8. The van der Waals surface area contributed by atoms with E-state index in [9.17, 15) is 0 Å². The van der Waals surface area contributed by atoms with E-state index in [1.165, 1.54) is 0 Å². The molecule has 5 heteroatoms. The summed E-state index contributed by atoms with van der Waals surface area (Å²) >= 11 is 13.8. The summed E-state index contributed by atoms with van der Waals surface area (Å²) in [5.41, 5.74) is 1.06. The molecule has 19 heavy (non-hydrogen) atoms. The lowest BCUT2D eigenvalue weighted by Gasteiger charge is -2.22. The lowest BCUT2D eigenvalue weighted by Crippen LogP contribution is -2.24. The maximum absolute atomic E-state index is 6.24. The number of halogens is 2. The van der Waals surface area contributed by atoms with Crippen LogP contribution in [0, 0.1) is 0 Å². The van der Waals surface area contributed by atoms with Crippen LogP contribution in [-0.2, 0) is 0 Å². The number of rotatable bonds is 5. The van der Waals surface area contributed by atoms with E-state index in [1.807, 2.05) is 23.7 Å². The van der Waals surface area contributed by atoms with E-state index in [2.05, 4.69) is 24.1 Å². The van der Waals surface area contributed by atoms with Crippen molar-refractivity contribution in [2.75, 3.05) is 0 Å². The van der Waals surface area contributed by atoms with Crippen molar-refractivity contribution in [3.63, 3.8) is 0 Å². The number of nitrogens with zero attached hydrogens (tertiary/aromatic N) is 1. The van der Waals surface area contributed by atoms with E-state index < -0.39 is 0 Å². The van der Waals surface area contributed by atoms with Gasteiger partial charge in [0.2, 0.25) is 0 Å². The molecule has 0 aliphatic carbocycles. The van der Waals surface area contributed by atoms with Gasteiger partial charge in [-0.05, 0) is 31.0 Å². The minimum Gasteiger partial charge on any atom is -0.301 e. The molecule has 0 fully saturated rings. The van der Waals surface area contributed by atoms with Crippen LogP contribution in [0.1, 0.15) is 42.9 Å². The van der Waals surface area contributed by atoms with E-state index in [-0.39, 0.29) is 12.1 Å². The van der Waals surface area contributed by atoms with Crippen molar-refractivity contribution in [1.29, 1.82) is 0 Å². The van der Waals surface area contributed by atoms with E-state index in [4.69, 9.17) is 23.2 Å². The molecule has 0 aliphatic heterocycles. The third kappa shape index (κ3) is 3.69. The lowest BCUT2D eigenvalue weighted by atomic mass is 10.1. The number of aromatic nitrogens is 1. The Kier molecular flexibility index (Phi) is 5.22. The average molecular weight is 315 g/mol. The van der Waals surface area contributed by atoms with Crippen molar-refractivity contribution in [2.24, 2.45) is 0 Å². The molecule has 102 valence electrons. The van der Waals surface area contributed by atoms with Gasteiger partial charge in [0.05, 0.1) is 6.04 Å². The predicted molar refractivity (Wildman–Crippen MR) is 83.2 cm³/mol. The highest BCUT2D eigenvalue weighted by Crippen LogP contribution is 2.29. The molecule has 0 radical (unpaired) electrons. The van der Waals surface area contributed by atoms with Crippen LogP contribution in [0.25, 0.3) is 0 Å². The summed E-state index contributed by atoms with van der Waals surface area (Å²) in [7, 11) is 0. The molecule has 1 heterocycles. The maximum Gasteiger partial charge on any atom is 0.109 e. The van der Waals surface area contributed by atoms with Gasteiger partial charge in [-0.2, -0.15) is 0 Å². The second-order valence-electron chi connectivity index (χ2n) is 4.39. The largest absolute Gasteiger partial charge is 0.301 e. The highest BCUT2D eigenvalue weighted by Gasteiger charge is 2.17. The van der Waals surface area contributed by atoms with Crippen LogP contribution >= 0.6 is 34.5 Å². The normalized spacial score (nSPS) is 14.3. The molecular formula is C14H16Cl2N2S. The Labute approximate surface area is 127 Å². The molecule has 2 unspecified atom stereocenters. The van der Waals surface area contributed by atoms with Gasteiger partial charge in [-0.25, -0.2) is 4.98 Å². The summed E-state index contributed by atoms with van der Waals surface area (Å²) in [5, 5.41) is 8.03. The van der Waals surface area contributed by atoms with Crippen LogP contribution in [0.15, 0.2) is 29.8 Å². The molecular weight excluding hydrogens is 299 g/mol. The van der Waals surface area contributed by atoms with E-state index in [0.717, 1.165) is 17.0 Å². The number of nitrogens with one attached hydrogen (secondary N) is 1. The second kappa shape index (κ2) is 6.71. The summed E-state index contributed by atoms with van der Waals surface area (Å²) in [5.74, 6) is 0. The fraction of sp³-hybridized carbons (Fsp3) is 0.357. The highest BCUT2D eigenvalue weighted by molar-refractivity contribution is 7.09. The van der Waals surface area contributed by atoms with Crippen LogP contribution < -0.4 is 5.32 Å². The Bertz CT molecular complexity index is 528. The zero-order valence-electron chi connectivity index (χ0n) is 10.9. The molecule has 1 N–H and O–H groups in total. The third-order valence-electron chi connectivity index (χ3n) is 3.04. The Balaban J connectivity index is 2.13. The van der Waals surface area contributed by atoms with Gasteiger partial charge in [0.15, 0.2) is 0 Å². The fourth-order valence-electron chi connectivity index (χ4n) is 2.01. The van der Waals surface area contributed by atoms with Crippen LogP contribution in [0.5, 0.6) is 0 Å². The molecule has 1 aromatic heterocycles. The molecule has 2 rings (SSSR count). The Morgan fingerprint density at radius 3 is 2.74 bits per heavy atom. The summed E-state index contributed by atoms with van der Waals surface area (Å²) in [6, 6.07) is 6.02. The zero-order valence-corrected chi connectivity index (χ0v) is 13.2. The third-order valence-corrected chi connectivity index (χ3v) is 4.49. The molecule has 0 aliphatic rings. The van der Waals surface area contributed by atoms with Gasteiger partial charge in [-0.3, -0.25) is 0 Å². The van der Waals surface area contributed by atoms with Crippen LogP contribution in [0.4, 0.5) is 0 Å². The van der Waals surface area contributed by atoms with Crippen molar-refractivity contribution < 1.29 is 0 Å².